The third kappa shape index (κ3) is 5.31. The summed E-state index contributed by atoms with van der Waals surface area (Å²) >= 11 is 0. The molecule has 0 bridgehead atoms. The number of aromatic nitrogens is 2. The molecule has 190 valence electrons. The predicted molar refractivity (Wildman–Crippen MR) is 139 cm³/mol. The Balaban J connectivity index is 1.45. The van der Waals surface area contributed by atoms with Crippen molar-refractivity contribution in [3.05, 3.63) is 60.5 Å². The molecule has 9 heteroatoms. The Morgan fingerprint density at radius 3 is 2.65 bits per heavy atom. The summed E-state index contributed by atoms with van der Waals surface area (Å²) < 4.78 is 22.9. The average Bonchev–Trinajstić information content (AvgIpc) is 2.93. The molecule has 9 nitrogen and oxygen atoms in total. The zero-order valence-electron chi connectivity index (χ0n) is 20.7. The van der Waals surface area contributed by atoms with Crippen LogP contribution in [-0.4, -0.2) is 55.1 Å². The molecule has 37 heavy (non-hydrogen) atoms. The van der Waals surface area contributed by atoms with E-state index in [1.807, 2.05) is 12.1 Å². The standard InChI is InChI=1S/C28H27N3O6/c1-34-25-9-6-17(11-21(25)20-12-18(32)7-8-24(20)33)31-28-22-13-26(35-2)27(14-23(22)29-16-30-28)37-15-19-5-3-4-10-36-19/h6-9,11-14,16,19H,3-5,10,15H2,1-2H3,(H,29,30,31). The zero-order valence-corrected chi connectivity index (χ0v) is 20.7. The van der Waals surface area contributed by atoms with Gasteiger partial charge >= 0.3 is 0 Å². The fraction of sp³-hybridized carbons (Fsp3) is 0.286. The van der Waals surface area contributed by atoms with Crippen molar-refractivity contribution in [2.45, 2.75) is 25.4 Å². The number of carbonyl (C=O) groups is 2. The van der Waals surface area contributed by atoms with Crippen LogP contribution in [-0.2, 0) is 14.3 Å². The van der Waals surface area contributed by atoms with Crippen LogP contribution in [0.5, 0.6) is 17.2 Å². The van der Waals surface area contributed by atoms with Gasteiger partial charge in [-0.05, 0) is 61.8 Å². The lowest BCUT2D eigenvalue weighted by atomic mass is 9.95. The number of hydrogen-bond acceptors (Lipinski definition) is 9. The number of allylic oxidation sites excluding steroid dienone is 4. The van der Waals surface area contributed by atoms with Gasteiger partial charge in [-0.25, -0.2) is 9.97 Å². The second-order valence-electron chi connectivity index (χ2n) is 8.74. The third-order valence-electron chi connectivity index (χ3n) is 6.32. The number of nitrogens with zero attached hydrogens (tertiary/aromatic N) is 2. The summed E-state index contributed by atoms with van der Waals surface area (Å²) in [5, 5.41) is 4.02. The van der Waals surface area contributed by atoms with Crippen molar-refractivity contribution >= 4 is 39.5 Å². The van der Waals surface area contributed by atoms with Gasteiger partial charge in [0.1, 0.15) is 24.5 Å². The topological polar surface area (TPSA) is 109 Å². The quantitative estimate of drug-likeness (QED) is 0.448. The molecule has 0 saturated carbocycles. The van der Waals surface area contributed by atoms with Gasteiger partial charge < -0.3 is 24.3 Å². The summed E-state index contributed by atoms with van der Waals surface area (Å²) in [7, 11) is 3.10. The van der Waals surface area contributed by atoms with Crippen LogP contribution in [0.15, 0.2) is 54.9 Å². The van der Waals surface area contributed by atoms with Crippen molar-refractivity contribution in [1.29, 1.82) is 0 Å². The Morgan fingerprint density at radius 1 is 1.00 bits per heavy atom. The van der Waals surface area contributed by atoms with Crippen LogP contribution in [0.2, 0.25) is 0 Å². The molecule has 5 rings (SSSR count). The molecule has 1 aliphatic carbocycles. The van der Waals surface area contributed by atoms with E-state index in [0.29, 0.717) is 46.4 Å². The number of carbonyl (C=O) groups excluding carboxylic acids is 2. The molecule has 2 aliphatic rings. The van der Waals surface area contributed by atoms with Gasteiger partial charge in [0.15, 0.2) is 23.1 Å². The maximum atomic E-state index is 12.5. The number of hydrogen-bond donors (Lipinski definition) is 1. The van der Waals surface area contributed by atoms with E-state index in [1.165, 1.54) is 31.7 Å². The van der Waals surface area contributed by atoms with E-state index in [1.54, 1.807) is 25.3 Å². The molecule has 1 saturated heterocycles. The Kier molecular flexibility index (Phi) is 7.14. The fourth-order valence-corrected chi connectivity index (χ4v) is 4.41. The molecular weight excluding hydrogens is 474 g/mol. The Bertz CT molecular complexity index is 1410. The SMILES string of the molecule is COc1cc2c(Nc3ccc(OC)c(C4=CC(=O)C=CC4=O)c3)ncnc2cc1OCC1CCCCO1. The highest BCUT2D eigenvalue weighted by Gasteiger charge is 2.20. The highest BCUT2D eigenvalue weighted by molar-refractivity contribution is 6.34. The van der Waals surface area contributed by atoms with Crippen LogP contribution < -0.4 is 19.5 Å². The molecule has 0 amide bonds. The van der Waals surface area contributed by atoms with Crippen molar-refractivity contribution in [2.75, 3.05) is 32.8 Å². The molecular formula is C28H27N3O6. The molecule has 1 fully saturated rings. The lowest BCUT2D eigenvalue weighted by Gasteiger charge is -2.23. The van der Waals surface area contributed by atoms with E-state index >= 15 is 0 Å². The smallest absolute Gasteiger partial charge is 0.186 e. The van der Waals surface area contributed by atoms with Gasteiger partial charge in [0, 0.05) is 34.9 Å². The molecule has 3 aromatic rings. The first-order chi connectivity index (χ1) is 18.1. The highest BCUT2D eigenvalue weighted by atomic mass is 16.5. The number of ether oxygens (including phenoxy) is 4. The summed E-state index contributed by atoms with van der Waals surface area (Å²) in [6, 6.07) is 8.95. The molecule has 1 atom stereocenters. The third-order valence-corrected chi connectivity index (χ3v) is 6.32. The number of rotatable bonds is 8. The predicted octanol–water partition coefficient (Wildman–Crippen LogP) is 4.43. The van der Waals surface area contributed by atoms with Gasteiger partial charge in [0.05, 0.1) is 25.8 Å². The summed E-state index contributed by atoms with van der Waals surface area (Å²) in [6.07, 6.45) is 8.56. The van der Waals surface area contributed by atoms with Crippen LogP contribution in [0, 0.1) is 0 Å². The Hall–Kier alpha value is -4.24. The second kappa shape index (κ2) is 10.8. The van der Waals surface area contributed by atoms with Gasteiger partial charge in [-0.1, -0.05) is 0 Å². The van der Waals surface area contributed by atoms with E-state index in [4.69, 9.17) is 18.9 Å². The van der Waals surface area contributed by atoms with Crippen LogP contribution >= 0.6 is 0 Å². The number of methoxy groups -OCH3 is 2. The van der Waals surface area contributed by atoms with E-state index < -0.39 is 0 Å². The van der Waals surface area contributed by atoms with Crippen LogP contribution in [0.1, 0.15) is 24.8 Å². The van der Waals surface area contributed by atoms with Gasteiger partial charge in [0.25, 0.3) is 0 Å². The number of anilines is 2. The molecule has 1 aromatic heterocycles. The molecule has 2 heterocycles. The molecule has 0 radical (unpaired) electrons. The Morgan fingerprint density at radius 2 is 1.86 bits per heavy atom. The van der Waals surface area contributed by atoms with E-state index in [0.717, 1.165) is 31.3 Å². The fourth-order valence-electron chi connectivity index (χ4n) is 4.41. The maximum Gasteiger partial charge on any atom is 0.186 e. The molecule has 1 unspecified atom stereocenters. The van der Waals surface area contributed by atoms with E-state index in [9.17, 15) is 9.59 Å². The van der Waals surface area contributed by atoms with Crippen LogP contribution in [0.4, 0.5) is 11.5 Å². The summed E-state index contributed by atoms with van der Waals surface area (Å²) in [6.45, 7) is 1.20. The minimum Gasteiger partial charge on any atom is -0.496 e. The normalized spacial score (nSPS) is 17.5. The van der Waals surface area contributed by atoms with Gasteiger partial charge in [0.2, 0.25) is 0 Å². The summed E-state index contributed by atoms with van der Waals surface area (Å²) in [5.74, 6) is 1.64. The maximum absolute atomic E-state index is 12.5. The largest absolute Gasteiger partial charge is 0.496 e. The van der Waals surface area contributed by atoms with Crippen molar-refractivity contribution in [2.24, 2.45) is 0 Å². The number of nitrogens with one attached hydrogen (secondary N) is 1. The minimum atomic E-state index is -0.265. The van der Waals surface area contributed by atoms with Gasteiger partial charge in [-0.3, -0.25) is 9.59 Å². The molecule has 0 spiro atoms. The van der Waals surface area contributed by atoms with Crippen molar-refractivity contribution in [1.82, 2.24) is 9.97 Å². The van der Waals surface area contributed by atoms with Crippen molar-refractivity contribution < 1.29 is 28.5 Å². The van der Waals surface area contributed by atoms with Crippen LogP contribution in [0.3, 0.4) is 0 Å². The Labute approximate surface area is 214 Å². The molecule has 2 aromatic carbocycles. The number of benzene rings is 2. The van der Waals surface area contributed by atoms with E-state index in [2.05, 4.69) is 15.3 Å². The lowest BCUT2D eigenvalue weighted by molar-refractivity contribution is -0.113. The van der Waals surface area contributed by atoms with Crippen molar-refractivity contribution in [3.63, 3.8) is 0 Å². The lowest BCUT2D eigenvalue weighted by Crippen LogP contribution is -2.25. The molecule has 1 aliphatic heterocycles. The first-order valence-electron chi connectivity index (χ1n) is 12.1. The second-order valence-corrected chi connectivity index (χ2v) is 8.74. The number of ketones is 2. The first kappa shape index (κ1) is 24.5. The van der Waals surface area contributed by atoms with Gasteiger partial charge in [-0.2, -0.15) is 0 Å². The van der Waals surface area contributed by atoms with Gasteiger partial charge in [-0.15, -0.1) is 0 Å². The monoisotopic (exact) mass is 501 g/mol. The van der Waals surface area contributed by atoms with Crippen molar-refractivity contribution in [3.8, 4) is 17.2 Å². The van der Waals surface area contributed by atoms with E-state index in [-0.39, 0.29) is 23.2 Å². The average molecular weight is 502 g/mol. The zero-order chi connectivity index (χ0) is 25.8. The summed E-state index contributed by atoms with van der Waals surface area (Å²) in [4.78, 5) is 33.2. The summed E-state index contributed by atoms with van der Waals surface area (Å²) in [5.41, 5.74) is 2.10. The molecule has 1 N–H and O–H groups in total. The highest BCUT2D eigenvalue weighted by Crippen LogP contribution is 2.36. The minimum absolute atomic E-state index is 0.0676. The number of fused-ring (bicyclic) bond motifs is 1. The van der Waals surface area contributed by atoms with Crippen LogP contribution in [0.25, 0.3) is 16.5 Å². The first-order valence-corrected chi connectivity index (χ1v) is 12.1.